The average Bonchev–Trinajstić information content (AvgIpc) is 3.17. The zero-order chi connectivity index (χ0) is 14.3. The molecule has 1 aromatic heterocycles. The number of hydrogen-bond acceptors (Lipinski definition) is 2. The Morgan fingerprint density at radius 2 is 2.15 bits per heavy atom. The second kappa shape index (κ2) is 4.94. The Bertz CT molecular complexity index is 679. The quantitative estimate of drug-likeness (QED) is 0.899. The molecular weight excluding hydrogens is 325 g/mol. The molecule has 0 aliphatic heterocycles. The number of carbonyl (C=O) groups excluding carboxylic acids is 1. The third-order valence-corrected chi connectivity index (χ3v) is 3.83. The van der Waals surface area contributed by atoms with Crippen LogP contribution in [0.15, 0.2) is 34.9 Å². The van der Waals surface area contributed by atoms with Crippen molar-refractivity contribution in [1.29, 1.82) is 0 Å². The van der Waals surface area contributed by atoms with Crippen molar-refractivity contribution in [3.63, 3.8) is 0 Å². The minimum Gasteiger partial charge on any atom is -0.397 e. The molecule has 0 unspecified atom stereocenters. The summed E-state index contributed by atoms with van der Waals surface area (Å²) < 4.78 is 15.4. The topological polar surface area (TPSA) is 60.1 Å². The summed E-state index contributed by atoms with van der Waals surface area (Å²) in [6.45, 7) is 0. The molecule has 20 heavy (non-hydrogen) atoms. The van der Waals surface area contributed by atoms with E-state index in [0.29, 0.717) is 27.6 Å². The Labute approximate surface area is 123 Å². The van der Waals surface area contributed by atoms with E-state index in [9.17, 15) is 9.18 Å². The van der Waals surface area contributed by atoms with E-state index < -0.39 is 0 Å². The third-order valence-electron chi connectivity index (χ3n) is 3.22. The second-order valence-electron chi connectivity index (χ2n) is 4.88. The highest BCUT2D eigenvalue weighted by atomic mass is 79.9. The first-order chi connectivity index (χ1) is 9.54. The van der Waals surface area contributed by atoms with Gasteiger partial charge in [0.25, 0.3) is 5.91 Å². The van der Waals surface area contributed by atoms with Crippen LogP contribution in [0.5, 0.6) is 0 Å². The molecule has 1 aliphatic carbocycles. The molecule has 4 nitrogen and oxygen atoms in total. The lowest BCUT2D eigenvalue weighted by Crippen LogP contribution is -2.16. The van der Waals surface area contributed by atoms with Gasteiger partial charge in [-0.25, -0.2) is 4.39 Å². The fraction of sp³-hybridized carbons (Fsp3) is 0.214. The van der Waals surface area contributed by atoms with Crippen LogP contribution in [-0.4, -0.2) is 10.5 Å². The van der Waals surface area contributed by atoms with Crippen molar-refractivity contribution in [3.8, 4) is 0 Å². The van der Waals surface area contributed by atoms with E-state index in [4.69, 9.17) is 5.73 Å². The molecule has 1 heterocycles. The number of benzene rings is 1. The summed E-state index contributed by atoms with van der Waals surface area (Å²) in [7, 11) is 0. The van der Waals surface area contributed by atoms with E-state index in [2.05, 4.69) is 21.2 Å². The molecule has 3 N–H and O–H groups in total. The first kappa shape index (κ1) is 13.2. The lowest BCUT2D eigenvalue weighted by atomic mass is 10.3. The van der Waals surface area contributed by atoms with Crippen LogP contribution in [-0.2, 0) is 0 Å². The fourth-order valence-electron chi connectivity index (χ4n) is 2.11. The van der Waals surface area contributed by atoms with Crippen molar-refractivity contribution < 1.29 is 9.18 Å². The maximum Gasteiger partial charge on any atom is 0.272 e. The van der Waals surface area contributed by atoms with Crippen molar-refractivity contribution in [2.24, 2.45) is 0 Å². The largest absolute Gasteiger partial charge is 0.397 e. The Kier molecular flexibility index (Phi) is 3.25. The Balaban J connectivity index is 1.84. The molecule has 3 rings (SSSR count). The lowest BCUT2D eigenvalue weighted by Gasteiger charge is -2.09. The summed E-state index contributed by atoms with van der Waals surface area (Å²) in [6.07, 6.45) is 3.92. The van der Waals surface area contributed by atoms with Crippen molar-refractivity contribution in [1.82, 2.24) is 4.57 Å². The molecule has 1 aromatic carbocycles. The number of anilines is 2. The van der Waals surface area contributed by atoms with Crippen LogP contribution >= 0.6 is 15.9 Å². The highest BCUT2D eigenvalue weighted by Gasteiger charge is 2.27. The van der Waals surface area contributed by atoms with E-state index in [1.165, 1.54) is 18.2 Å². The van der Waals surface area contributed by atoms with E-state index in [1.807, 2.05) is 4.57 Å². The van der Waals surface area contributed by atoms with Crippen LogP contribution in [0.1, 0.15) is 29.4 Å². The Morgan fingerprint density at radius 1 is 1.40 bits per heavy atom. The number of amides is 1. The number of nitrogens with two attached hydrogens (primary N) is 1. The van der Waals surface area contributed by atoms with Crippen LogP contribution in [0, 0.1) is 5.82 Å². The predicted octanol–water partition coefficient (Wildman–Crippen LogP) is 3.56. The van der Waals surface area contributed by atoms with Crippen molar-refractivity contribution in [2.45, 2.75) is 18.9 Å². The SMILES string of the molecule is Nc1cc(C(=O)Nc2ccc(F)c(Br)c2)n(C2CC2)c1. The first-order valence-corrected chi connectivity index (χ1v) is 7.07. The number of nitrogen functional groups attached to an aromatic ring is 1. The predicted molar refractivity (Wildman–Crippen MR) is 79.2 cm³/mol. The smallest absolute Gasteiger partial charge is 0.272 e. The summed E-state index contributed by atoms with van der Waals surface area (Å²) in [5, 5.41) is 2.75. The standard InChI is InChI=1S/C14H13BrFN3O/c15-11-6-9(1-4-12(11)16)18-14(20)13-5-8(17)7-19(13)10-2-3-10/h1,4-7,10H,2-3,17H2,(H,18,20). The zero-order valence-corrected chi connectivity index (χ0v) is 12.2. The monoisotopic (exact) mass is 337 g/mol. The number of hydrogen-bond donors (Lipinski definition) is 2. The molecule has 6 heteroatoms. The normalized spacial score (nSPS) is 14.3. The minimum absolute atomic E-state index is 0.243. The van der Waals surface area contributed by atoms with Gasteiger partial charge in [-0.05, 0) is 53.0 Å². The second-order valence-corrected chi connectivity index (χ2v) is 5.73. The fourth-order valence-corrected chi connectivity index (χ4v) is 2.49. The van der Waals surface area contributed by atoms with Gasteiger partial charge in [0.2, 0.25) is 0 Å². The van der Waals surface area contributed by atoms with Crippen molar-refractivity contribution in [2.75, 3.05) is 11.1 Å². The first-order valence-electron chi connectivity index (χ1n) is 6.28. The van der Waals surface area contributed by atoms with Gasteiger partial charge in [-0.15, -0.1) is 0 Å². The van der Waals surface area contributed by atoms with Crippen LogP contribution in [0.4, 0.5) is 15.8 Å². The van der Waals surface area contributed by atoms with Crippen molar-refractivity contribution >= 4 is 33.2 Å². The van der Waals surface area contributed by atoms with Gasteiger partial charge in [0, 0.05) is 17.9 Å². The van der Waals surface area contributed by atoms with Crippen LogP contribution < -0.4 is 11.1 Å². The molecule has 1 fully saturated rings. The molecule has 1 saturated carbocycles. The Morgan fingerprint density at radius 3 is 2.80 bits per heavy atom. The summed E-state index contributed by atoms with van der Waals surface area (Å²) in [5.41, 5.74) is 7.40. The number of carbonyl (C=O) groups is 1. The van der Waals surface area contributed by atoms with Crippen LogP contribution in [0.25, 0.3) is 0 Å². The summed E-state index contributed by atoms with van der Waals surface area (Å²) in [6, 6.07) is 6.38. The number of aromatic nitrogens is 1. The maximum atomic E-state index is 13.2. The molecule has 0 bridgehead atoms. The molecule has 0 saturated heterocycles. The van der Waals surface area contributed by atoms with Gasteiger partial charge in [0.05, 0.1) is 10.2 Å². The number of rotatable bonds is 3. The number of nitrogens with zero attached hydrogens (tertiary/aromatic N) is 1. The van der Waals surface area contributed by atoms with E-state index in [1.54, 1.807) is 12.3 Å². The van der Waals surface area contributed by atoms with Crippen molar-refractivity contribution in [3.05, 3.63) is 46.4 Å². The maximum absolute atomic E-state index is 13.2. The molecule has 0 atom stereocenters. The van der Waals surface area contributed by atoms with Gasteiger partial charge < -0.3 is 15.6 Å². The zero-order valence-electron chi connectivity index (χ0n) is 10.6. The van der Waals surface area contributed by atoms with E-state index in [0.717, 1.165) is 12.8 Å². The van der Waals surface area contributed by atoms with Gasteiger partial charge in [0.1, 0.15) is 11.5 Å². The summed E-state index contributed by atoms with van der Waals surface area (Å²) in [4.78, 5) is 12.3. The molecule has 1 amide bonds. The molecule has 1 aliphatic rings. The Hall–Kier alpha value is -1.82. The lowest BCUT2D eigenvalue weighted by molar-refractivity contribution is 0.101. The highest BCUT2D eigenvalue weighted by molar-refractivity contribution is 9.10. The highest BCUT2D eigenvalue weighted by Crippen LogP contribution is 2.37. The van der Waals surface area contributed by atoms with E-state index >= 15 is 0 Å². The molecule has 2 aromatic rings. The third kappa shape index (κ3) is 2.56. The summed E-state index contributed by atoms with van der Waals surface area (Å²) >= 11 is 3.09. The van der Waals surface area contributed by atoms with Gasteiger partial charge in [-0.1, -0.05) is 0 Å². The van der Waals surface area contributed by atoms with Gasteiger partial charge in [-0.2, -0.15) is 0 Å². The molecular formula is C14H13BrFN3O. The average molecular weight is 338 g/mol. The molecule has 0 radical (unpaired) electrons. The summed E-state index contributed by atoms with van der Waals surface area (Å²) in [5.74, 6) is -0.610. The van der Waals surface area contributed by atoms with Gasteiger partial charge >= 0.3 is 0 Å². The molecule has 104 valence electrons. The van der Waals surface area contributed by atoms with Gasteiger partial charge in [-0.3, -0.25) is 4.79 Å². The number of halogens is 2. The number of nitrogens with one attached hydrogen (secondary N) is 1. The van der Waals surface area contributed by atoms with E-state index in [-0.39, 0.29) is 11.7 Å². The minimum atomic E-state index is -0.367. The molecule has 0 spiro atoms. The van der Waals surface area contributed by atoms with Crippen LogP contribution in [0.2, 0.25) is 0 Å². The van der Waals surface area contributed by atoms with Crippen LogP contribution in [0.3, 0.4) is 0 Å². The van der Waals surface area contributed by atoms with Gasteiger partial charge in [0.15, 0.2) is 0 Å².